The van der Waals surface area contributed by atoms with Crippen molar-refractivity contribution in [2.24, 2.45) is 0 Å². The minimum atomic E-state index is -0.755. The third kappa shape index (κ3) is 3.74. The molecule has 0 aliphatic heterocycles. The fourth-order valence-electron chi connectivity index (χ4n) is 1.69. The summed E-state index contributed by atoms with van der Waals surface area (Å²) in [6, 6.07) is 9.28. The normalized spacial score (nSPS) is 10.3. The quantitative estimate of drug-likeness (QED) is 0.562. The van der Waals surface area contributed by atoms with Gasteiger partial charge in [-0.1, -0.05) is 27.5 Å². The second-order valence-corrected chi connectivity index (χ2v) is 5.12. The minimum absolute atomic E-state index is 0.175. The van der Waals surface area contributed by atoms with E-state index in [9.17, 15) is 9.18 Å². The molecule has 110 valence electrons. The highest BCUT2D eigenvalue weighted by Crippen LogP contribution is 2.30. The number of benzene rings is 2. The van der Waals surface area contributed by atoms with Gasteiger partial charge in [-0.15, -0.1) is 0 Å². The zero-order chi connectivity index (χ0) is 15.4. The molecule has 0 atom stereocenters. The molecule has 2 rings (SSSR count). The highest BCUT2D eigenvalue weighted by molar-refractivity contribution is 9.08. The molecule has 0 saturated heterocycles. The predicted octanol–water partition coefficient (Wildman–Crippen LogP) is 4.95. The van der Waals surface area contributed by atoms with Gasteiger partial charge in [-0.05, 0) is 36.4 Å². The van der Waals surface area contributed by atoms with E-state index in [1.54, 1.807) is 24.3 Å². The van der Waals surface area contributed by atoms with E-state index < -0.39 is 11.8 Å². The van der Waals surface area contributed by atoms with Crippen LogP contribution in [0.3, 0.4) is 0 Å². The van der Waals surface area contributed by atoms with Crippen molar-refractivity contribution in [3.8, 4) is 11.5 Å². The molecule has 0 aliphatic carbocycles. The maximum absolute atomic E-state index is 13.9. The first-order chi connectivity index (χ1) is 10.0. The summed E-state index contributed by atoms with van der Waals surface area (Å²) < 4.78 is 24.1. The van der Waals surface area contributed by atoms with Crippen LogP contribution in [0.2, 0.25) is 5.02 Å². The Bertz CT molecular complexity index is 659. The van der Waals surface area contributed by atoms with E-state index >= 15 is 0 Å². The van der Waals surface area contributed by atoms with Crippen molar-refractivity contribution < 1.29 is 18.7 Å². The van der Waals surface area contributed by atoms with E-state index in [1.807, 2.05) is 0 Å². The fraction of sp³-hybridized carbons (Fsp3) is 0.133. The van der Waals surface area contributed by atoms with Gasteiger partial charge in [-0.2, -0.15) is 0 Å². The number of carbonyl (C=O) groups is 1. The molecule has 2 aromatic carbocycles. The number of rotatable bonds is 4. The van der Waals surface area contributed by atoms with Crippen molar-refractivity contribution in [1.82, 2.24) is 0 Å². The molecule has 0 heterocycles. The Hall–Kier alpha value is -1.59. The average molecular weight is 374 g/mol. The lowest BCUT2D eigenvalue weighted by molar-refractivity contribution is 0.0595. The second kappa shape index (κ2) is 6.91. The maximum Gasteiger partial charge on any atom is 0.340 e. The van der Waals surface area contributed by atoms with Crippen LogP contribution in [-0.4, -0.2) is 13.1 Å². The molecule has 0 N–H and O–H groups in total. The van der Waals surface area contributed by atoms with Crippen LogP contribution in [0, 0.1) is 5.82 Å². The Morgan fingerprint density at radius 1 is 1.29 bits per heavy atom. The summed E-state index contributed by atoms with van der Waals surface area (Å²) in [6.07, 6.45) is 0. The molecule has 0 unspecified atom stereocenters. The smallest absolute Gasteiger partial charge is 0.340 e. The third-order valence-electron chi connectivity index (χ3n) is 2.74. The number of hydrogen-bond acceptors (Lipinski definition) is 3. The van der Waals surface area contributed by atoms with Crippen LogP contribution >= 0.6 is 27.5 Å². The van der Waals surface area contributed by atoms with Crippen LogP contribution in [0.5, 0.6) is 11.5 Å². The van der Waals surface area contributed by atoms with Gasteiger partial charge < -0.3 is 9.47 Å². The zero-order valence-corrected chi connectivity index (χ0v) is 13.4. The Balaban J connectivity index is 2.41. The Morgan fingerprint density at radius 2 is 1.95 bits per heavy atom. The number of carbonyl (C=O) groups excluding carboxylic acids is 1. The average Bonchev–Trinajstić information content (AvgIpc) is 2.50. The van der Waals surface area contributed by atoms with Crippen LogP contribution < -0.4 is 4.74 Å². The van der Waals surface area contributed by atoms with Crippen LogP contribution in [0.25, 0.3) is 0 Å². The first-order valence-corrected chi connectivity index (χ1v) is 7.45. The summed E-state index contributed by atoms with van der Waals surface area (Å²) in [5.41, 5.74) is 0.404. The van der Waals surface area contributed by atoms with Crippen LogP contribution in [0.1, 0.15) is 15.9 Å². The first-order valence-electron chi connectivity index (χ1n) is 5.95. The van der Waals surface area contributed by atoms with Gasteiger partial charge in [-0.25, -0.2) is 9.18 Å². The number of ether oxygens (including phenoxy) is 2. The molecule has 3 nitrogen and oxygen atoms in total. The molecule has 0 amide bonds. The number of methoxy groups -OCH3 is 1. The zero-order valence-electron chi connectivity index (χ0n) is 11.0. The summed E-state index contributed by atoms with van der Waals surface area (Å²) in [5.74, 6) is -0.505. The summed E-state index contributed by atoms with van der Waals surface area (Å²) in [5, 5.41) is 0.964. The van der Waals surface area contributed by atoms with Crippen LogP contribution in [-0.2, 0) is 10.1 Å². The van der Waals surface area contributed by atoms with Crippen molar-refractivity contribution in [3.05, 3.63) is 58.4 Å². The SMILES string of the molecule is COC(=O)c1cc(Oc2ccc(Cl)cc2)c(CBr)cc1F. The minimum Gasteiger partial charge on any atom is -0.465 e. The molecule has 6 heteroatoms. The van der Waals surface area contributed by atoms with Gasteiger partial charge >= 0.3 is 5.97 Å². The van der Waals surface area contributed by atoms with E-state index in [-0.39, 0.29) is 5.56 Å². The van der Waals surface area contributed by atoms with Gasteiger partial charge in [0, 0.05) is 15.9 Å². The van der Waals surface area contributed by atoms with Crippen LogP contribution in [0.15, 0.2) is 36.4 Å². The predicted molar refractivity (Wildman–Crippen MR) is 81.9 cm³/mol. The van der Waals surface area contributed by atoms with Crippen molar-refractivity contribution >= 4 is 33.5 Å². The Kier molecular flexibility index (Phi) is 5.20. The van der Waals surface area contributed by atoms with Crippen molar-refractivity contribution in [2.45, 2.75) is 5.33 Å². The highest BCUT2D eigenvalue weighted by atomic mass is 79.9. The van der Waals surface area contributed by atoms with Gasteiger partial charge in [0.15, 0.2) is 0 Å². The molecule has 0 aliphatic rings. The molecule has 0 bridgehead atoms. The lowest BCUT2D eigenvalue weighted by Crippen LogP contribution is -2.06. The van der Waals surface area contributed by atoms with Gasteiger partial charge in [0.2, 0.25) is 0 Å². The fourth-order valence-corrected chi connectivity index (χ4v) is 2.25. The molecule has 0 spiro atoms. The maximum atomic E-state index is 13.9. The van der Waals surface area contributed by atoms with Gasteiger partial charge in [-0.3, -0.25) is 0 Å². The molecule has 2 aromatic rings. The second-order valence-electron chi connectivity index (χ2n) is 4.12. The summed E-state index contributed by atoms with van der Waals surface area (Å²) >= 11 is 9.07. The topological polar surface area (TPSA) is 35.5 Å². The summed E-state index contributed by atoms with van der Waals surface area (Å²) in [7, 11) is 1.19. The standard InChI is InChI=1S/C15H11BrClFO3/c1-20-15(19)12-7-14(9(8-16)6-13(12)18)21-11-4-2-10(17)3-5-11/h2-7H,8H2,1H3. The van der Waals surface area contributed by atoms with Crippen molar-refractivity contribution in [2.75, 3.05) is 7.11 Å². The molecule has 21 heavy (non-hydrogen) atoms. The summed E-state index contributed by atoms with van der Waals surface area (Å²) in [4.78, 5) is 11.5. The number of halogens is 3. The van der Waals surface area contributed by atoms with E-state index in [2.05, 4.69) is 20.7 Å². The van der Waals surface area contributed by atoms with E-state index in [4.69, 9.17) is 16.3 Å². The largest absolute Gasteiger partial charge is 0.465 e. The van der Waals surface area contributed by atoms with Gasteiger partial charge in [0.25, 0.3) is 0 Å². The van der Waals surface area contributed by atoms with E-state index in [1.165, 1.54) is 19.2 Å². The molecule has 0 radical (unpaired) electrons. The van der Waals surface area contributed by atoms with Gasteiger partial charge in [0.1, 0.15) is 17.3 Å². The van der Waals surface area contributed by atoms with E-state index in [0.29, 0.717) is 27.4 Å². The number of esters is 1. The molecular formula is C15H11BrClFO3. The molecule has 0 saturated carbocycles. The van der Waals surface area contributed by atoms with E-state index in [0.717, 1.165) is 0 Å². The number of alkyl halides is 1. The van der Waals surface area contributed by atoms with Crippen LogP contribution in [0.4, 0.5) is 4.39 Å². The molecule has 0 fully saturated rings. The summed E-state index contributed by atoms with van der Waals surface area (Å²) in [6.45, 7) is 0. The Labute approximate surface area is 134 Å². The first kappa shape index (κ1) is 15.8. The monoisotopic (exact) mass is 372 g/mol. The molecule has 0 aromatic heterocycles. The third-order valence-corrected chi connectivity index (χ3v) is 3.60. The lowest BCUT2D eigenvalue weighted by Gasteiger charge is -2.12. The Morgan fingerprint density at radius 3 is 2.52 bits per heavy atom. The van der Waals surface area contributed by atoms with Gasteiger partial charge in [0.05, 0.1) is 12.7 Å². The van der Waals surface area contributed by atoms with Crippen molar-refractivity contribution in [3.63, 3.8) is 0 Å². The highest BCUT2D eigenvalue weighted by Gasteiger charge is 2.17. The lowest BCUT2D eigenvalue weighted by atomic mass is 10.1. The van der Waals surface area contributed by atoms with Crippen molar-refractivity contribution in [1.29, 1.82) is 0 Å². The molecular weight excluding hydrogens is 363 g/mol. The number of hydrogen-bond donors (Lipinski definition) is 0.